The van der Waals surface area contributed by atoms with Gasteiger partial charge in [-0.05, 0) is 23.9 Å². The first-order valence-corrected chi connectivity index (χ1v) is 3.87. The highest BCUT2D eigenvalue weighted by Crippen LogP contribution is 2.26. The van der Waals surface area contributed by atoms with Crippen molar-refractivity contribution in [2.75, 3.05) is 7.11 Å². The molecule has 0 bridgehead atoms. The summed E-state index contributed by atoms with van der Waals surface area (Å²) in [6.07, 6.45) is 0. The molecule has 1 rings (SSSR count). The molecule has 1 radical (unpaired) electrons. The molecule has 0 aliphatic rings. The fraction of sp³-hybridized carbons (Fsp3) is 0.125. The van der Waals surface area contributed by atoms with Gasteiger partial charge in [0.2, 0.25) is 0 Å². The minimum absolute atomic E-state index is 0.709. The maximum Gasteiger partial charge on any atom is 0.271 e. The molecule has 3 heteroatoms. The van der Waals surface area contributed by atoms with Crippen molar-refractivity contribution in [2.24, 2.45) is 0 Å². The molecule has 0 aromatic heterocycles. The number of benzene rings is 1. The van der Waals surface area contributed by atoms with E-state index in [-0.39, 0.29) is 0 Å². The number of methoxy groups -OCH3 is 1. The molecule has 0 unspecified atom stereocenters. The molecule has 57 valence electrons. The molecule has 0 heterocycles. The molecule has 1 aromatic carbocycles. The Hall–Kier alpha value is -0.960. The zero-order valence-electron chi connectivity index (χ0n) is 6.03. The molecule has 0 aliphatic carbocycles. The Morgan fingerprint density at radius 2 is 2.18 bits per heavy atom. The second-order valence-electron chi connectivity index (χ2n) is 1.84. The van der Waals surface area contributed by atoms with Crippen LogP contribution in [-0.4, -0.2) is 12.7 Å². The van der Waals surface area contributed by atoms with Gasteiger partial charge >= 0.3 is 0 Å². The predicted octanol–water partition coefficient (Wildman–Crippen LogP) is 1.85. The van der Waals surface area contributed by atoms with E-state index in [2.05, 4.69) is 0 Å². The van der Waals surface area contributed by atoms with Gasteiger partial charge in [-0.2, -0.15) is 0 Å². The van der Waals surface area contributed by atoms with E-state index in [4.69, 9.17) is 4.74 Å². The van der Waals surface area contributed by atoms with Crippen LogP contribution < -0.4 is 4.74 Å². The number of rotatable bonds is 3. The monoisotopic (exact) mass is 167 g/mol. The topological polar surface area (TPSA) is 26.3 Å². The number of hydrogen-bond acceptors (Lipinski definition) is 3. The van der Waals surface area contributed by atoms with Crippen LogP contribution in [0.2, 0.25) is 0 Å². The van der Waals surface area contributed by atoms with Gasteiger partial charge in [0.1, 0.15) is 5.75 Å². The number of carbonyl (C=O) groups excluding carboxylic acids is 1. The largest absolute Gasteiger partial charge is 0.496 e. The van der Waals surface area contributed by atoms with Crippen molar-refractivity contribution >= 4 is 17.4 Å². The summed E-state index contributed by atoms with van der Waals surface area (Å²) < 4.78 is 5.00. The van der Waals surface area contributed by atoms with Crippen LogP contribution in [0.3, 0.4) is 0 Å². The quantitative estimate of drug-likeness (QED) is 0.643. The van der Waals surface area contributed by atoms with E-state index in [0.29, 0.717) is 5.75 Å². The van der Waals surface area contributed by atoms with Crippen LogP contribution in [0.4, 0.5) is 0 Å². The van der Waals surface area contributed by atoms with Crippen LogP contribution >= 0.6 is 11.8 Å². The van der Waals surface area contributed by atoms with E-state index in [0.717, 1.165) is 16.7 Å². The van der Waals surface area contributed by atoms with E-state index < -0.39 is 0 Å². The minimum atomic E-state index is 0.709. The number of thioether (sulfide) groups is 1. The first-order valence-electron chi connectivity index (χ1n) is 3.05. The molecule has 1 aromatic rings. The average Bonchev–Trinajstić information content (AvgIpc) is 2.06. The Morgan fingerprint density at radius 3 is 2.82 bits per heavy atom. The summed E-state index contributed by atoms with van der Waals surface area (Å²) in [5, 5.41) is 0. The zero-order chi connectivity index (χ0) is 8.10. The molecule has 0 saturated heterocycles. The van der Waals surface area contributed by atoms with Crippen molar-refractivity contribution < 1.29 is 9.53 Å². The summed E-state index contributed by atoms with van der Waals surface area (Å²) in [4.78, 5) is 10.8. The summed E-state index contributed by atoms with van der Waals surface area (Å²) in [7, 11) is 1.57. The van der Waals surface area contributed by atoms with Gasteiger partial charge in [-0.15, -0.1) is 0 Å². The summed E-state index contributed by atoms with van der Waals surface area (Å²) in [5.41, 5.74) is 1.75. The molecule has 0 fully saturated rings. The van der Waals surface area contributed by atoms with E-state index in [1.165, 1.54) is 0 Å². The lowest BCUT2D eigenvalue weighted by Gasteiger charge is -2.02. The fourth-order valence-electron chi connectivity index (χ4n) is 0.748. The summed E-state index contributed by atoms with van der Waals surface area (Å²) in [5.74, 6) is 0.709. The van der Waals surface area contributed by atoms with Crippen LogP contribution in [0.5, 0.6) is 5.75 Å². The van der Waals surface area contributed by atoms with Gasteiger partial charge in [0.15, 0.2) is 0 Å². The lowest BCUT2D eigenvalue weighted by atomic mass is 10.3. The van der Waals surface area contributed by atoms with Crippen LogP contribution in [0.1, 0.15) is 0 Å². The van der Waals surface area contributed by atoms with Crippen molar-refractivity contribution in [3.63, 3.8) is 0 Å². The standard InChI is InChI=1S/C8H7O2S/c1-10-7-4-2-3-5-8(7)11-6-9/h2-5H,1H3. The highest BCUT2D eigenvalue weighted by Gasteiger charge is 1.99. The smallest absolute Gasteiger partial charge is 0.271 e. The molecule has 0 spiro atoms. The number of ether oxygens (including phenoxy) is 1. The molecule has 0 saturated carbocycles. The Balaban J connectivity index is 2.92. The third kappa shape index (κ3) is 1.98. The van der Waals surface area contributed by atoms with Crippen molar-refractivity contribution in [3.8, 4) is 5.75 Å². The molecule has 0 aliphatic heterocycles. The van der Waals surface area contributed by atoms with Crippen molar-refractivity contribution in [2.45, 2.75) is 4.90 Å². The van der Waals surface area contributed by atoms with Crippen molar-refractivity contribution in [1.29, 1.82) is 0 Å². The Labute approximate surface area is 69.6 Å². The molecular weight excluding hydrogens is 160 g/mol. The molecule has 2 nitrogen and oxygen atoms in total. The van der Waals surface area contributed by atoms with E-state index in [9.17, 15) is 4.79 Å². The summed E-state index contributed by atoms with van der Waals surface area (Å²) in [6.45, 7) is 0. The molecule has 11 heavy (non-hydrogen) atoms. The third-order valence-corrected chi connectivity index (χ3v) is 1.86. The van der Waals surface area contributed by atoms with Crippen molar-refractivity contribution in [3.05, 3.63) is 24.3 Å². The second-order valence-corrected chi connectivity index (χ2v) is 2.65. The first kappa shape index (κ1) is 8.14. The van der Waals surface area contributed by atoms with E-state index in [1.54, 1.807) is 18.8 Å². The van der Waals surface area contributed by atoms with Gasteiger partial charge in [-0.25, -0.2) is 0 Å². The molecule has 0 atom stereocenters. The van der Waals surface area contributed by atoms with Gasteiger partial charge in [0.05, 0.1) is 12.0 Å². The Kier molecular flexibility index (Phi) is 2.98. The first-order chi connectivity index (χ1) is 5.38. The maximum atomic E-state index is 10.0. The number of hydrogen-bond donors (Lipinski definition) is 0. The van der Waals surface area contributed by atoms with Crippen LogP contribution in [0, 0.1) is 0 Å². The van der Waals surface area contributed by atoms with Crippen LogP contribution in [0.15, 0.2) is 29.2 Å². The Bertz CT molecular complexity index is 248. The minimum Gasteiger partial charge on any atom is -0.496 e. The molecular formula is C8H7O2S. The van der Waals surface area contributed by atoms with Gasteiger partial charge in [0.25, 0.3) is 5.62 Å². The summed E-state index contributed by atoms with van der Waals surface area (Å²) in [6, 6.07) is 7.32. The predicted molar refractivity (Wildman–Crippen MR) is 44.5 cm³/mol. The van der Waals surface area contributed by atoms with Gasteiger partial charge in [-0.3, -0.25) is 4.79 Å². The van der Waals surface area contributed by atoms with Gasteiger partial charge in [0, 0.05) is 0 Å². The molecule has 0 N–H and O–H groups in total. The van der Waals surface area contributed by atoms with Crippen LogP contribution in [-0.2, 0) is 4.79 Å². The summed E-state index contributed by atoms with van der Waals surface area (Å²) >= 11 is 0.996. The third-order valence-electron chi connectivity index (χ3n) is 1.22. The normalized spacial score (nSPS) is 9.18. The zero-order valence-corrected chi connectivity index (χ0v) is 6.85. The van der Waals surface area contributed by atoms with Gasteiger partial charge < -0.3 is 4.74 Å². The lowest BCUT2D eigenvalue weighted by Crippen LogP contribution is -1.84. The maximum absolute atomic E-state index is 10.0. The highest BCUT2D eigenvalue weighted by atomic mass is 32.2. The Morgan fingerprint density at radius 1 is 1.45 bits per heavy atom. The lowest BCUT2D eigenvalue weighted by molar-refractivity contribution is 0.405. The second kappa shape index (κ2) is 4.03. The SMILES string of the molecule is COc1ccccc1S[C]=O. The fourth-order valence-corrected chi connectivity index (χ4v) is 1.24. The van der Waals surface area contributed by atoms with Crippen molar-refractivity contribution in [1.82, 2.24) is 0 Å². The van der Waals surface area contributed by atoms with Gasteiger partial charge in [-0.1, -0.05) is 12.1 Å². The number of para-hydroxylation sites is 1. The van der Waals surface area contributed by atoms with E-state index in [1.807, 2.05) is 18.2 Å². The molecule has 0 amide bonds. The average molecular weight is 167 g/mol. The van der Waals surface area contributed by atoms with Crippen LogP contribution in [0.25, 0.3) is 0 Å². The van der Waals surface area contributed by atoms with E-state index >= 15 is 0 Å². The highest BCUT2D eigenvalue weighted by molar-refractivity contribution is 8.12.